The summed E-state index contributed by atoms with van der Waals surface area (Å²) in [6.45, 7) is 0. The first-order valence-electron chi connectivity index (χ1n) is 0.630. The number of hydrogen-bond donors (Lipinski definition) is 0. The zero-order valence-electron chi connectivity index (χ0n) is 1.95. The van der Waals surface area contributed by atoms with Crippen molar-refractivity contribution in [1.29, 1.82) is 0 Å². The standard InChI is InChI=1S/Cr.3FH.O/h;3*1H;/q+3;;;;/p-3. The second-order valence-corrected chi connectivity index (χ2v) is 1.50. The fourth-order valence-corrected chi connectivity index (χ4v) is 0. The second kappa shape index (κ2) is 1.07. The minimum atomic E-state index is -6.50. The molecule has 0 heterocycles. The summed E-state index contributed by atoms with van der Waals surface area (Å²) in [5, 5.41) is 0. The molecular formula is CrF3O. The third-order valence-corrected chi connectivity index (χ3v) is 0. The Morgan fingerprint density at radius 3 is 1.20 bits per heavy atom. The Hall–Kier alpha value is 0.122. The van der Waals surface area contributed by atoms with E-state index in [2.05, 4.69) is 0 Å². The second-order valence-electron chi connectivity index (χ2n) is 0.364. The molecule has 0 unspecified atom stereocenters. The Morgan fingerprint density at radius 1 is 1.20 bits per heavy atom. The van der Waals surface area contributed by atoms with Gasteiger partial charge in [-0.15, -0.1) is 0 Å². The van der Waals surface area contributed by atoms with E-state index in [1.54, 1.807) is 0 Å². The van der Waals surface area contributed by atoms with E-state index in [0.29, 0.717) is 0 Å². The summed E-state index contributed by atoms with van der Waals surface area (Å²) >= 11 is -6.50. The van der Waals surface area contributed by atoms with Crippen LogP contribution in [0.3, 0.4) is 0 Å². The van der Waals surface area contributed by atoms with Crippen LogP contribution in [-0.4, -0.2) is 0 Å². The first-order valence-corrected chi connectivity index (χ1v) is 2.60. The Kier molecular flexibility index (Phi) is 1.10. The number of rotatable bonds is 0. The maximum absolute atomic E-state index is 9.95. The molecule has 0 aromatic carbocycles. The van der Waals surface area contributed by atoms with Crippen LogP contribution in [-0.2, 0) is 18.2 Å². The monoisotopic (exact) mass is 125 g/mol. The third kappa shape index (κ3) is 1240. The van der Waals surface area contributed by atoms with Gasteiger partial charge in [0.2, 0.25) is 0 Å². The molecule has 0 aliphatic rings. The molecule has 0 N–H and O–H groups in total. The average Bonchev–Trinajstić information content (AvgIpc) is 0.722. The molecule has 0 radical (unpaired) electrons. The molecule has 0 fully saturated rings. The van der Waals surface area contributed by atoms with Gasteiger partial charge < -0.3 is 0 Å². The summed E-state index contributed by atoms with van der Waals surface area (Å²) in [4.78, 5) is 0. The fourth-order valence-electron chi connectivity index (χ4n) is 0. The summed E-state index contributed by atoms with van der Waals surface area (Å²) in [6.07, 6.45) is 0. The predicted molar refractivity (Wildman–Crippen MR) is 4.01 cm³/mol. The van der Waals surface area contributed by atoms with Gasteiger partial charge in [0.25, 0.3) is 0 Å². The van der Waals surface area contributed by atoms with E-state index in [9.17, 15) is 10.6 Å². The van der Waals surface area contributed by atoms with E-state index in [4.69, 9.17) is 3.80 Å². The van der Waals surface area contributed by atoms with E-state index in [0.717, 1.165) is 0 Å². The molecule has 0 aliphatic heterocycles. The van der Waals surface area contributed by atoms with Crippen LogP contribution >= 0.6 is 0 Å². The van der Waals surface area contributed by atoms with Gasteiger partial charge in [0, 0.05) is 0 Å². The van der Waals surface area contributed by atoms with Crippen molar-refractivity contribution < 1.29 is 28.8 Å². The Morgan fingerprint density at radius 2 is 1.20 bits per heavy atom. The van der Waals surface area contributed by atoms with Crippen LogP contribution in [0.15, 0.2) is 0 Å². The minimum absolute atomic E-state index is 6.50. The van der Waals surface area contributed by atoms with Gasteiger partial charge in [0.15, 0.2) is 0 Å². The molecule has 33 valence electrons. The zero-order valence-corrected chi connectivity index (χ0v) is 3.23. The molecule has 0 aromatic heterocycles. The molecule has 0 bridgehead atoms. The number of hydrogen-bond acceptors (Lipinski definition) is 1. The van der Waals surface area contributed by atoms with E-state index in [1.165, 1.54) is 0 Å². The molecule has 0 spiro atoms. The van der Waals surface area contributed by atoms with Crippen molar-refractivity contribution in [3.8, 4) is 0 Å². The van der Waals surface area contributed by atoms with Gasteiger partial charge in [-0.25, -0.2) is 0 Å². The SMILES string of the molecule is [O]=[Cr]([F])([F])[F]. The van der Waals surface area contributed by atoms with Gasteiger partial charge >= 0.3 is 28.8 Å². The van der Waals surface area contributed by atoms with Gasteiger partial charge in [-0.05, 0) is 0 Å². The van der Waals surface area contributed by atoms with Crippen molar-refractivity contribution in [2.45, 2.75) is 0 Å². The first-order chi connectivity index (χ1) is 2.00. The normalized spacial score (nSPS) is 11.8. The van der Waals surface area contributed by atoms with Gasteiger partial charge in [-0.3, -0.25) is 0 Å². The van der Waals surface area contributed by atoms with Crippen molar-refractivity contribution in [2.24, 2.45) is 0 Å². The summed E-state index contributed by atoms with van der Waals surface area (Å²) in [5.74, 6) is 0. The van der Waals surface area contributed by atoms with Crippen LogP contribution in [0.1, 0.15) is 0 Å². The molecule has 5 heteroatoms. The van der Waals surface area contributed by atoms with Gasteiger partial charge in [0.1, 0.15) is 0 Å². The molecule has 0 amide bonds. The van der Waals surface area contributed by atoms with Gasteiger partial charge in [-0.1, -0.05) is 0 Å². The molecule has 0 saturated heterocycles. The van der Waals surface area contributed by atoms with Crippen molar-refractivity contribution >= 4 is 0 Å². The summed E-state index contributed by atoms with van der Waals surface area (Å²) in [5.41, 5.74) is 0. The molecule has 0 atom stereocenters. The molecule has 0 rings (SSSR count). The molecule has 1 nitrogen and oxygen atoms in total. The quantitative estimate of drug-likeness (QED) is 0.474. The first kappa shape index (κ1) is 5.12. The summed E-state index contributed by atoms with van der Waals surface area (Å²) in [7, 11) is 0. The van der Waals surface area contributed by atoms with E-state index in [-0.39, 0.29) is 0 Å². The van der Waals surface area contributed by atoms with Gasteiger partial charge in [-0.2, -0.15) is 0 Å². The molecule has 0 saturated carbocycles. The molecule has 0 aliphatic carbocycles. The van der Waals surface area contributed by atoms with Gasteiger partial charge in [0.05, 0.1) is 0 Å². The molecule has 0 aromatic rings. The summed E-state index contributed by atoms with van der Waals surface area (Å²) in [6, 6.07) is 0. The van der Waals surface area contributed by atoms with Crippen LogP contribution < -0.4 is 0 Å². The third-order valence-electron chi connectivity index (χ3n) is 0. The van der Waals surface area contributed by atoms with Crippen LogP contribution in [0.4, 0.5) is 10.6 Å². The topological polar surface area (TPSA) is 17.1 Å². The molecular weight excluding hydrogens is 125 g/mol. The number of halogens is 3. The fraction of sp³-hybridized carbons (Fsp3) is 0. The zero-order chi connectivity index (χ0) is 4.50. The van der Waals surface area contributed by atoms with Crippen LogP contribution in [0, 0.1) is 0 Å². The van der Waals surface area contributed by atoms with E-state index < -0.39 is 14.4 Å². The predicted octanol–water partition coefficient (Wildman–Crippen LogP) is 1.14. The molecule has 5 heavy (non-hydrogen) atoms. The van der Waals surface area contributed by atoms with Crippen molar-refractivity contribution in [3.63, 3.8) is 0 Å². The summed E-state index contributed by atoms with van der Waals surface area (Å²) < 4.78 is 38.1. The van der Waals surface area contributed by atoms with E-state index >= 15 is 0 Å². The van der Waals surface area contributed by atoms with Crippen LogP contribution in [0.2, 0.25) is 0 Å². The Bertz CT molecular complexity index is 53.0. The average molecular weight is 125 g/mol. The van der Waals surface area contributed by atoms with Crippen molar-refractivity contribution in [2.75, 3.05) is 0 Å². The Labute approximate surface area is 29.7 Å². The Balaban J connectivity index is 3.47. The van der Waals surface area contributed by atoms with E-state index in [1.807, 2.05) is 0 Å². The van der Waals surface area contributed by atoms with Crippen molar-refractivity contribution in [1.82, 2.24) is 0 Å². The maximum atomic E-state index is 9.95. The van der Waals surface area contributed by atoms with Crippen LogP contribution in [0.25, 0.3) is 0 Å². The van der Waals surface area contributed by atoms with Crippen LogP contribution in [0.5, 0.6) is 0 Å². The van der Waals surface area contributed by atoms with Crippen molar-refractivity contribution in [3.05, 3.63) is 0 Å².